The monoisotopic (exact) mass is 326 g/mol. The van der Waals surface area contributed by atoms with Crippen LogP contribution in [-0.2, 0) is 16.1 Å². The quantitative estimate of drug-likeness (QED) is 0.788. The number of aromatic nitrogens is 1. The summed E-state index contributed by atoms with van der Waals surface area (Å²) < 4.78 is 7.40. The third kappa shape index (κ3) is 3.88. The molecule has 0 bridgehead atoms. The molecule has 0 saturated carbocycles. The van der Waals surface area contributed by atoms with Gasteiger partial charge in [0.15, 0.2) is 0 Å². The highest BCUT2D eigenvalue weighted by Gasteiger charge is 2.26. The molecule has 1 aromatic carbocycles. The minimum absolute atomic E-state index is 0.0275. The predicted octanol–water partition coefficient (Wildman–Crippen LogP) is 3.56. The second kappa shape index (κ2) is 7.67. The van der Waals surface area contributed by atoms with Crippen molar-refractivity contribution in [1.29, 1.82) is 0 Å². The topological polar surface area (TPSA) is 34.5 Å². The number of ether oxygens (including phenoxy) is 1. The van der Waals surface area contributed by atoms with Crippen molar-refractivity contribution in [2.24, 2.45) is 5.92 Å². The molecule has 0 N–H and O–H groups in total. The molecule has 2 heterocycles. The molecule has 1 aliphatic rings. The zero-order valence-corrected chi connectivity index (χ0v) is 14.6. The molecule has 3 rings (SSSR count). The van der Waals surface area contributed by atoms with Gasteiger partial charge in [0.2, 0.25) is 0 Å². The summed E-state index contributed by atoms with van der Waals surface area (Å²) in [6, 6.07) is 12.8. The molecule has 0 aliphatic carbocycles. The van der Waals surface area contributed by atoms with Gasteiger partial charge in [-0.25, -0.2) is 0 Å². The molecule has 24 heavy (non-hydrogen) atoms. The Balaban J connectivity index is 1.62. The largest absolute Gasteiger partial charge is 0.466 e. The van der Waals surface area contributed by atoms with Crippen molar-refractivity contribution in [2.45, 2.75) is 33.2 Å². The summed E-state index contributed by atoms with van der Waals surface area (Å²) in [5.74, 6) is 0.0463. The first-order valence-corrected chi connectivity index (χ1v) is 8.79. The van der Waals surface area contributed by atoms with Crippen molar-refractivity contribution in [3.8, 4) is 5.69 Å². The highest BCUT2D eigenvalue weighted by atomic mass is 16.5. The van der Waals surface area contributed by atoms with Gasteiger partial charge in [0.05, 0.1) is 12.5 Å². The van der Waals surface area contributed by atoms with E-state index in [0.717, 1.165) is 32.5 Å². The van der Waals surface area contributed by atoms with Gasteiger partial charge in [-0.15, -0.1) is 0 Å². The highest BCUT2D eigenvalue weighted by Crippen LogP contribution is 2.22. The lowest BCUT2D eigenvalue weighted by Gasteiger charge is -2.31. The number of carbonyl (C=O) groups is 1. The third-order valence-electron chi connectivity index (χ3n) is 4.71. The summed E-state index contributed by atoms with van der Waals surface area (Å²) in [6.45, 7) is 7.27. The smallest absolute Gasteiger partial charge is 0.309 e. The number of carbonyl (C=O) groups excluding carboxylic acids is 1. The van der Waals surface area contributed by atoms with E-state index in [1.165, 1.54) is 16.9 Å². The zero-order chi connectivity index (χ0) is 16.9. The van der Waals surface area contributed by atoms with Gasteiger partial charge in [0, 0.05) is 24.1 Å². The Labute approximate surface area is 144 Å². The summed E-state index contributed by atoms with van der Waals surface area (Å²) in [4.78, 5) is 14.3. The number of esters is 1. The van der Waals surface area contributed by atoms with Crippen LogP contribution in [0.2, 0.25) is 0 Å². The first-order chi connectivity index (χ1) is 11.7. The first kappa shape index (κ1) is 16.8. The number of hydrogen-bond acceptors (Lipinski definition) is 3. The fourth-order valence-corrected chi connectivity index (χ4v) is 3.39. The number of rotatable bonds is 5. The van der Waals surface area contributed by atoms with Crippen LogP contribution in [0.5, 0.6) is 0 Å². The van der Waals surface area contributed by atoms with E-state index in [-0.39, 0.29) is 11.9 Å². The van der Waals surface area contributed by atoms with E-state index in [4.69, 9.17) is 4.74 Å². The highest BCUT2D eigenvalue weighted by molar-refractivity contribution is 5.72. The van der Waals surface area contributed by atoms with E-state index in [9.17, 15) is 4.79 Å². The molecule has 4 nitrogen and oxygen atoms in total. The van der Waals surface area contributed by atoms with Crippen molar-refractivity contribution in [1.82, 2.24) is 9.47 Å². The third-order valence-corrected chi connectivity index (χ3v) is 4.71. The van der Waals surface area contributed by atoms with Crippen molar-refractivity contribution in [3.63, 3.8) is 0 Å². The Morgan fingerprint density at radius 3 is 2.71 bits per heavy atom. The minimum atomic E-state index is -0.0275. The van der Waals surface area contributed by atoms with Gasteiger partial charge in [-0.05, 0) is 69.6 Å². The van der Waals surface area contributed by atoms with Crippen molar-refractivity contribution < 1.29 is 9.53 Å². The van der Waals surface area contributed by atoms with E-state index < -0.39 is 0 Å². The van der Waals surface area contributed by atoms with Crippen LogP contribution in [0.15, 0.2) is 42.6 Å². The van der Waals surface area contributed by atoms with Crippen molar-refractivity contribution in [2.75, 3.05) is 19.7 Å². The molecular weight excluding hydrogens is 300 g/mol. The Hall–Kier alpha value is -2.07. The number of nitrogens with zero attached hydrogens (tertiary/aromatic N) is 2. The lowest BCUT2D eigenvalue weighted by molar-refractivity contribution is -0.149. The fraction of sp³-hybridized carbons (Fsp3) is 0.450. The fourth-order valence-electron chi connectivity index (χ4n) is 3.39. The summed E-state index contributed by atoms with van der Waals surface area (Å²) in [7, 11) is 0. The molecule has 0 radical (unpaired) electrons. The van der Waals surface area contributed by atoms with E-state index in [2.05, 4.69) is 59.0 Å². The van der Waals surface area contributed by atoms with Crippen LogP contribution in [0.1, 0.15) is 31.0 Å². The second-order valence-corrected chi connectivity index (χ2v) is 6.51. The molecular formula is C20H26N2O2. The Morgan fingerprint density at radius 1 is 1.21 bits per heavy atom. The SMILES string of the molecule is CCOC(=O)C1CCN(Cc2cccn2-c2cccc(C)c2)CC1. The molecule has 0 amide bonds. The van der Waals surface area contributed by atoms with Crippen LogP contribution in [0.3, 0.4) is 0 Å². The van der Waals surface area contributed by atoms with E-state index in [0.29, 0.717) is 6.61 Å². The molecule has 128 valence electrons. The summed E-state index contributed by atoms with van der Waals surface area (Å²) in [5, 5.41) is 0. The Morgan fingerprint density at radius 2 is 2.00 bits per heavy atom. The summed E-state index contributed by atoms with van der Waals surface area (Å²) in [6.07, 6.45) is 3.91. The number of benzene rings is 1. The molecule has 0 spiro atoms. The van der Waals surface area contributed by atoms with Crippen LogP contribution in [-0.4, -0.2) is 35.1 Å². The summed E-state index contributed by atoms with van der Waals surface area (Å²) in [5.41, 5.74) is 3.76. The normalized spacial score (nSPS) is 16.2. The van der Waals surface area contributed by atoms with E-state index in [1.807, 2.05) is 6.92 Å². The summed E-state index contributed by atoms with van der Waals surface area (Å²) >= 11 is 0. The van der Waals surface area contributed by atoms with E-state index >= 15 is 0 Å². The van der Waals surface area contributed by atoms with Gasteiger partial charge in [-0.3, -0.25) is 9.69 Å². The lowest BCUT2D eigenvalue weighted by Crippen LogP contribution is -2.36. The van der Waals surface area contributed by atoms with Crippen LogP contribution in [0.4, 0.5) is 0 Å². The molecule has 1 aliphatic heterocycles. The standard InChI is InChI=1S/C20H26N2O2/c1-3-24-20(23)17-9-12-21(13-10-17)15-19-8-5-11-22(19)18-7-4-6-16(2)14-18/h4-8,11,14,17H,3,9-10,12-13,15H2,1-2H3. The first-order valence-electron chi connectivity index (χ1n) is 8.79. The second-order valence-electron chi connectivity index (χ2n) is 6.51. The predicted molar refractivity (Wildman–Crippen MR) is 95.1 cm³/mol. The van der Waals surface area contributed by atoms with Gasteiger partial charge >= 0.3 is 5.97 Å². The molecule has 1 aromatic heterocycles. The Kier molecular flexibility index (Phi) is 5.36. The number of likely N-dealkylation sites (tertiary alicyclic amines) is 1. The molecule has 1 saturated heterocycles. The molecule has 2 aromatic rings. The average molecular weight is 326 g/mol. The van der Waals surface area contributed by atoms with Crippen molar-refractivity contribution >= 4 is 5.97 Å². The maximum absolute atomic E-state index is 11.8. The van der Waals surface area contributed by atoms with Crippen LogP contribution in [0.25, 0.3) is 5.69 Å². The van der Waals surface area contributed by atoms with Gasteiger partial charge in [-0.2, -0.15) is 0 Å². The van der Waals surface area contributed by atoms with Gasteiger partial charge < -0.3 is 9.30 Å². The molecule has 0 unspecified atom stereocenters. The van der Waals surface area contributed by atoms with Crippen molar-refractivity contribution in [3.05, 3.63) is 53.9 Å². The van der Waals surface area contributed by atoms with Crippen LogP contribution >= 0.6 is 0 Å². The number of hydrogen-bond donors (Lipinski definition) is 0. The minimum Gasteiger partial charge on any atom is -0.466 e. The van der Waals surface area contributed by atoms with Crippen LogP contribution in [0, 0.1) is 12.8 Å². The van der Waals surface area contributed by atoms with Crippen LogP contribution < -0.4 is 0 Å². The Bertz CT molecular complexity index is 684. The van der Waals surface area contributed by atoms with E-state index in [1.54, 1.807) is 0 Å². The van der Waals surface area contributed by atoms with Gasteiger partial charge in [0.25, 0.3) is 0 Å². The maximum atomic E-state index is 11.8. The van der Waals surface area contributed by atoms with Gasteiger partial charge in [0.1, 0.15) is 0 Å². The molecule has 1 fully saturated rings. The lowest BCUT2D eigenvalue weighted by atomic mass is 9.97. The maximum Gasteiger partial charge on any atom is 0.309 e. The number of aryl methyl sites for hydroxylation is 1. The number of piperidine rings is 1. The zero-order valence-electron chi connectivity index (χ0n) is 14.6. The molecule has 4 heteroatoms. The average Bonchev–Trinajstić information content (AvgIpc) is 3.04. The van der Waals surface area contributed by atoms with Gasteiger partial charge in [-0.1, -0.05) is 12.1 Å². The molecule has 0 atom stereocenters.